The summed E-state index contributed by atoms with van der Waals surface area (Å²) in [5.41, 5.74) is 3.52. The molecule has 15 heavy (non-hydrogen) atoms. The molecule has 82 valence electrons. The van der Waals surface area contributed by atoms with Crippen LogP contribution in [-0.4, -0.2) is 12.2 Å². The summed E-state index contributed by atoms with van der Waals surface area (Å²) < 4.78 is 5.03. The first-order chi connectivity index (χ1) is 7.04. The van der Waals surface area contributed by atoms with Crippen LogP contribution in [-0.2, 0) is 6.42 Å². The molecule has 0 aliphatic rings. The third-order valence-electron chi connectivity index (χ3n) is 2.60. The normalized spacial score (nSPS) is 9.87. The molecule has 0 heterocycles. The van der Waals surface area contributed by atoms with Gasteiger partial charge in [-0.05, 0) is 38.8 Å². The quantitative estimate of drug-likeness (QED) is 0.769. The van der Waals surface area contributed by atoms with Gasteiger partial charge in [0.25, 0.3) is 0 Å². The van der Waals surface area contributed by atoms with Gasteiger partial charge in [0.1, 0.15) is 11.5 Å². The fourth-order valence-corrected chi connectivity index (χ4v) is 1.28. The van der Waals surface area contributed by atoms with Crippen molar-refractivity contribution in [1.82, 2.24) is 0 Å². The molecule has 0 saturated heterocycles. The van der Waals surface area contributed by atoms with Gasteiger partial charge in [0.05, 0.1) is 7.11 Å². The number of ether oxygens (including phenoxy) is 1. The van der Waals surface area contributed by atoms with Gasteiger partial charge in [0, 0.05) is 6.07 Å². The fraction of sp³-hybridized carbons (Fsp3) is 0.385. The van der Waals surface area contributed by atoms with Gasteiger partial charge >= 0.3 is 0 Å². The van der Waals surface area contributed by atoms with Gasteiger partial charge in [-0.2, -0.15) is 0 Å². The molecular weight excluding hydrogens is 188 g/mol. The Balaban J connectivity index is 2.93. The number of benzene rings is 1. The monoisotopic (exact) mass is 206 g/mol. The molecule has 0 radical (unpaired) electrons. The Morgan fingerprint density at radius 2 is 1.93 bits per heavy atom. The van der Waals surface area contributed by atoms with E-state index in [-0.39, 0.29) is 0 Å². The van der Waals surface area contributed by atoms with Gasteiger partial charge in [-0.3, -0.25) is 0 Å². The second-order valence-electron chi connectivity index (χ2n) is 3.95. The Labute approximate surface area is 91.2 Å². The van der Waals surface area contributed by atoms with Crippen molar-refractivity contribution in [1.29, 1.82) is 0 Å². The highest BCUT2D eigenvalue weighted by molar-refractivity contribution is 5.41. The van der Waals surface area contributed by atoms with Gasteiger partial charge in [0.15, 0.2) is 0 Å². The van der Waals surface area contributed by atoms with Crippen LogP contribution in [0, 0.1) is 0 Å². The lowest BCUT2D eigenvalue weighted by molar-refractivity contribution is 0.406. The number of hydrogen-bond donors (Lipinski definition) is 1. The van der Waals surface area contributed by atoms with Crippen molar-refractivity contribution >= 4 is 0 Å². The highest BCUT2D eigenvalue weighted by atomic mass is 16.5. The van der Waals surface area contributed by atoms with E-state index < -0.39 is 0 Å². The van der Waals surface area contributed by atoms with E-state index in [9.17, 15) is 5.11 Å². The van der Waals surface area contributed by atoms with E-state index in [2.05, 4.69) is 20.8 Å². The summed E-state index contributed by atoms with van der Waals surface area (Å²) in [7, 11) is 1.59. The number of aromatic hydroxyl groups is 1. The van der Waals surface area contributed by atoms with E-state index in [1.165, 1.54) is 11.1 Å². The maximum Gasteiger partial charge on any atom is 0.122 e. The molecule has 0 saturated carbocycles. The van der Waals surface area contributed by atoms with Crippen LogP contribution in [0.3, 0.4) is 0 Å². The molecule has 1 N–H and O–H groups in total. The van der Waals surface area contributed by atoms with E-state index in [4.69, 9.17) is 4.74 Å². The predicted molar refractivity (Wildman–Crippen MR) is 62.4 cm³/mol. The van der Waals surface area contributed by atoms with Crippen LogP contribution in [0.1, 0.15) is 26.3 Å². The standard InChI is InChI=1S/C13H18O2/c1-9(2)10(3)7-11-5-6-12(15-4)8-13(11)14/h5-6,8,14H,7H2,1-4H3. The molecule has 0 spiro atoms. The summed E-state index contributed by atoms with van der Waals surface area (Å²) in [5.74, 6) is 0.987. The smallest absolute Gasteiger partial charge is 0.122 e. The number of phenols is 1. The largest absolute Gasteiger partial charge is 0.508 e. The zero-order valence-electron chi connectivity index (χ0n) is 9.79. The minimum absolute atomic E-state index is 0.301. The average Bonchev–Trinajstić information content (AvgIpc) is 2.20. The molecule has 2 heteroatoms. The molecule has 2 nitrogen and oxygen atoms in total. The number of allylic oxidation sites excluding steroid dienone is 2. The highest BCUT2D eigenvalue weighted by Gasteiger charge is 2.04. The third-order valence-corrected chi connectivity index (χ3v) is 2.60. The van der Waals surface area contributed by atoms with Crippen molar-refractivity contribution in [2.24, 2.45) is 0 Å². The lowest BCUT2D eigenvalue weighted by Gasteiger charge is -2.08. The van der Waals surface area contributed by atoms with Crippen LogP contribution < -0.4 is 4.74 Å². The zero-order chi connectivity index (χ0) is 11.4. The van der Waals surface area contributed by atoms with E-state index in [0.717, 1.165) is 12.0 Å². The van der Waals surface area contributed by atoms with E-state index >= 15 is 0 Å². The third kappa shape index (κ3) is 3.01. The summed E-state index contributed by atoms with van der Waals surface area (Å²) in [6.07, 6.45) is 0.790. The first-order valence-corrected chi connectivity index (χ1v) is 5.03. The van der Waals surface area contributed by atoms with Gasteiger partial charge in [-0.15, -0.1) is 0 Å². The summed E-state index contributed by atoms with van der Waals surface area (Å²) in [4.78, 5) is 0. The predicted octanol–water partition coefficient (Wildman–Crippen LogP) is 3.30. The number of phenolic OH excluding ortho intramolecular Hbond substituents is 1. The molecule has 0 atom stereocenters. The molecule has 0 fully saturated rings. The summed E-state index contributed by atoms with van der Waals surface area (Å²) in [5, 5.41) is 9.75. The molecule has 0 amide bonds. The molecule has 1 aromatic rings. The van der Waals surface area contributed by atoms with Gasteiger partial charge in [-0.1, -0.05) is 17.2 Å². The average molecular weight is 206 g/mol. The Bertz CT molecular complexity index is 374. The molecule has 1 aromatic carbocycles. The number of methoxy groups -OCH3 is 1. The van der Waals surface area contributed by atoms with Crippen LogP contribution in [0.15, 0.2) is 29.3 Å². The van der Waals surface area contributed by atoms with Gasteiger partial charge < -0.3 is 9.84 Å². The second kappa shape index (κ2) is 4.87. The Hall–Kier alpha value is -1.44. The molecule has 0 aromatic heterocycles. The zero-order valence-corrected chi connectivity index (χ0v) is 9.79. The minimum Gasteiger partial charge on any atom is -0.508 e. The van der Waals surface area contributed by atoms with Crippen LogP contribution >= 0.6 is 0 Å². The number of hydrogen-bond acceptors (Lipinski definition) is 2. The lowest BCUT2D eigenvalue weighted by Crippen LogP contribution is -1.91. The molecule has 0 aliphatic heterocycles. The summed E-state index contributed by atoms with van der Waals surface area (Å²) >= 11 is 0. The van der Waals surface area contributed by atoms with Crippen LogP contribution in [0.2, 0.25) is 0 Å². The number of rotatable bonds is 3. The Kier molecular flexibility index (Phi) is 3.78. The summed E-state index contributed by atoms with van der Waals surface area (Å²) in [6.45, 7) is 6.24. The first kappa shape index (κ1) is 11.6. The summed E-state index contributed by atoms with van der Waals surface area (Å²) in [6, 6.07) is 5.42. The van der Waals surface area contributed by atoms with Gasteiger partial charge in [-0.25, -0.2) is 0 Å². The minimum atomic E-state index is 0.301. The van der Waals surface area contributed by atoms with Crippen molar-refractivity contribution in [2.75, 3.05) is 7.11 Å². The fourth-order valence-electron chi connectivity index (χ4n) is 1.28. The molecule has 0 unspecified atom stereocenters. The Morgan fingerprint density at radius 1 is 1.27 bits per heavy atom. The maximum absolute atomic E-state index is 9.75. The van der Waals surface area contributed by atoms with Crippen molar-refractivity contribution in [3.05, 3.63) is 34.9 Å². The van der Waals surface area contributed by atoms with E-state index in [1.807, 2.05) is 12.1 Å². The van der Waals surface area contributed by atoms with Crippen molar-refractivity contribution in [2.45, 2.75) is 27.2 Å². The molecule has 1 rings (SSSR count). The maximum atomic E-state index is 9.75. The van der Waals surface area contributed by atoms with Crippen molar-refractivity contribution < 1.29 is 9.84 Å². The van der Waals surface area contributed by atoms with Crippen molar-refractivity contribution in [3.8, 4) is 11.5 Å². The molecule has 0 aliphatic carbocycles. The SMILES string of the molecule is COc1ccc(CC(C)=C(C)C)c(O)c1. The van der Waals surface area contributed by atoms with Gasteiger partial charge in [0.2, 0.25) is 0 Å². The van der Waals surface area contributed by atoms with Crippen LogP contribution in [0.5, 0.6) is 11.5 Å². The van der Waals surface area contributed by atoms with Crippen LogP contribution in [0.25, 0.3) is 0 Å². The Morgan fingerprint density at radius 3 is 2.40 bits per heavy atom. The van der Waals surface area contributed by atoms with Crippen molar-refractivity contribution in [3.63, 3.8) is 0 Å². The van der Waals surface area contributed by atoms with E-state index in [0.29, 0.717) is 11.5 Å². The molecule has 0 bridgehead atoms. The topological polar surface area (TPSA) is 29.5 Å². The lowest BCUT2D eigenvalue weighted by atomic mass is 10.0. The first-order valence-electron chi connectivity index (χ1n) is 5.03. The van der Waals surface area contributed by atoms with E-state index in [1.54, 1.807) is 13.2 Å². The van der Waals surface area contributed by atoms with Crippen LogP contribution in [0.4, 0.5) is 0 Å². The molecular formula is C13H18O2. The highest BCUT2D eigenvalue weighted by Crippen LogP contribution is 2.25. The second-order valence-corrected chi connectivity index (χ2v) is 3.95.